The van der Waals surface area contributed by atoms with Crippen LogP contribution in [-0.2, 0) is 11.3 Å². The summed E-state index contributed by atoms with van der Waals surface area (Å²) in [6, 6.07) is 12.8. The van der Waals surface area contributed by atoms with E-state index in [0.717, 1.165) is 17.0 Å². The molecule has 2 N–H and O–H groups in total. The highest BCUT2D eigenvalue weighted by molar-refractivity contribution is 7.99. The van der Waals surface area contributed by atoms with E-state index < -0.39 is 0 Å². The van der Waals surface area contributed by atoms with Gasteiger partial charge in [0.25, 0.3) is 0 Å². The number of thioether (sulfide) groups is 1. The summed E-state index contributed by atoms with van der Waals surface area (Å²) in [4.78, 5) is 17.1. The third kappa shape index (κ3) is 5.77. The molecule has 1 unspecified atom stereocenters. The second-order valence-corrected chi connectivity index (χ2v) is 6.57. The van der Waals surface area contributed by atoms with Gasteiger partial charge in [0.15, 0.2) is 0 Å². The molecule has 4 nitrogen and oxygen atoms in total. The lowest BCUT2D eigenvalue weighted by Crippen LogP contribution is -2.23. The quantitative estimate of drug-likeness (QED) is 0.769. The number of aromatic nitrogens is 1. The molecule has 0 spiro atoms. The van der Waals surface area contributed by atoms with Crippen molar-refractivity contribution >= 4 is 17.7 Å². The highest BCUT2D eigenvalue weighted by Gasteiger charge is 2.08. The van der Waals surface area contributed by atoms with Crippen molar-refractivity contribution < 1.29 is 9.90 Å². The lowest BCUT2D eigenvalue weighted by atomic mass is 10.2. The van der Waals surface area contributed by atoms with Crippen LogP contribution in [0.2, 0.25) is 0 Å². The number of pyridine rings is 1. The minimum absolute atomic E-state index is 0.0452. The Balaban J connectivity index is 1.68. The SMILES string of the molecule is CC(CCC(=O)NCc1ccccn1)Sc1ccc(O)cc1. The number of phenolic OH excluding ortho intramolecular Hbond substituents is 1. The summed E-state index contributed by atoms with van der Waals surface area (Å²) in [7, 11) is 0. The molecule has 5 heteroatoms. The molecule has 0 saturated heterocycles. The molecule has 0 aliphatic rings. The van der Waals surface area contributed by atoms with E-state index in [1.54, 1.807) is 30.1 Å². The molecule has 1 aromatic carbocycles. The predicted octanol–water partition coefficient (Wildman–Crippen LogP) is 3.36. The number of amides is 1. The second kappa shape index (κ2) is 8.44. The predicted molar refractivity (Wildman–Crippen MR) is 88.7 cm³/mol. The highest BCUT2D eigenvalue weighted by atomic mass is 32.2. The zero-order chi connectivity index (χ0) is 15.8. The number of carbonyl (C=O) groups is 1. The first kappa shape index (κ1) is 16.4. The third-order valence-electron chi connectivity index (χ3n) is 3.14. The number of rotatable bonds is 7. The summed E-state index contributed by atoms with van der Waals surface area (Å²) in [6.45, 7) is 2.57. The standard InChI is InChI=1S/C17H20N2O2S/c1-13(22-16-8-6-15(20)7-9-16)5-10-17(21)19-12-14-4-2-3-11-18-14/h2-4,6-9,11,13,20H,5,10,12H2,1H3,(H,19,21). The van der Waals surface area contributed by atoms with Crippen molar-refractivity contribution in [1.82, 2.24) is 10.3 Å². The summed E-state index contributed by atoms with van der Waals surface area (Å²) in [5.41, 5.74) is 0.863. The number of nitrogens with one attached hydrogen (secondary N) is 1. The summed E-state index contributed by atoms with van der Waals surface area (Å²) in [5, 5.41) is 12.5. The number of carbonyl (C=O) groups excluding carboxylic acids is 1. The Morgan fingerprint density at radius 1 is 1.27 bits per heavy atom. The van der Waals surface area contributed by atoms with Gasteiger partial charge in [0, 0.05) is 22.8 Å². The van der Waals surface area contributed by atoms with Gasteiger partial charge in [-0.15, -0.1) is 11.8 Å². The van der Waals surface area contributed by atoms with E-state index in [0.29, 0.717) is 18.2 Å². The first-order valence-electron chi connectivity index (χ1n) is 7.26. The molecular formula is C17H20N2O2S. The summed E-state index contributed by atoms with van der Waals surface area (Å²) >= 11 is 1.71. The zero-order valence-electron chi connectivity index (χ0n) is 12.5. The molecule has 2 rings (SSSR count). The van der Waals surface area contributed by atoms with Gasteiger partial charge in [0.05, 0.1) is 12.2 Å². The van der Waals surface area contributed by atoms with Crippen LogP contribution in [0.4, 0.5) is 0 Å². The van der Waals surface area contributed by atoms with Gasteiger partial charge < -0.3 is 10.4 Å². The van der Waals surface area contributed by atoms with Crippen LogP contribution in [0.3, 0.4) is 0 Å². The van der Waals surface area contributed by atoms with Gasteiger partial charge in [-0.05, 0) is 42.8 Å². The van der Waals surface area contributed by atoms with Gasteiger partial charge in [0.2, 0.25) is 5.91 Å². The van der Waals surface area contributed by atoms with Gasteiger partial charge in [-0.1, -0.05) is 13.0 Å². The number of aromatic hydroxyl groups is 1. The second-order valence-electron chi connectivity index (χ2n) is 5.06. The Morgan fingerprint density at radius 3 is 2.73 bits per heavy atom. The molecule has 1 amide bonds. The van der Waals surface area contributed by atoms with Crippen LogP contribution in [0.25, 0.3) is 0 Å². The number of benzene rings is 1. The summed E-state index contributed by atoms with van der Waals surface area (Å²) in [5.74, 6) is 0.315. The molecule has 2 aromatic rings. The maximum Gasteiger partial charge on any atom is 0.220 e. The van der Waals surface area contributed by atoms with Crippen LogP contribution in [0.5, 0.6) is 5.75 Å². The monoisotopic (exact) mass is 316 g/mol. The Hall–Kier alpha value is -2.01. The molecule has 0 saturated carbocycles. The van der Waals surface area contributed by atoms with Crippen molar-refractivity contribution in [2.75, 3.05) is 0 Å². The molecule has 1 atom stereocenters. The molecule has 0 aliphatic heterocycles. The lowest BCUT2D eigenvalue weighted by Gasteiger charge is -2.11. The highest BCUT2D eigenvalue weighted by Crippen LogP contribution is 2.27. The van der Waals surface area contributed by atoms with E-state index in [2.05, 4.69) is 17.2 Å². The molecule has 0 fully saturated rings. The smallest absolute Gasteiger partial charge is 0.220 e. The zero-order valence-corrected chi connectivity index (χ0v) is 13.3. The van der Waals surface area contributed by atoms with Crippen LogP contribution < -0.4 is 5.32 Å². The van der Waals surface area contributed by atoms with E-state index in [1.165, 1.54) is 0 Å². The van der Waals surface area contributed by atoms with E-state index >= 15 is 0 Å². The van der Waals surface area contributed by atoms with Gasteiger partial charge in [0.1, 0.15) is 5.75 Å². The third-order valence-corrected chi connectivity index (χ3v) is 4.33. The molecule has 22 heavy (non-hydrogen) atoms. The average Bonchev–Trinajstić information content (AvgIpc) is 2.54. The van der Waals surface area contributed by atoms with Gasteiger partial charge in [-0.3, -0.25) is 9.78 Å². The molecule has 0 radical (unpaired) electrons. The van der Waals surface area contributed by atoms with Gasteiger partial charge >= 0.3 is 0 Å². The summed E-state index contributed by atoms with van der Waals surface area (Å²) in [6.07, 6.45) is 3.02. The van der Waals surface area contributed by atoms with Gasteiger partial charge in [-0.2, -0.15) is 0 Å². The normalized spacial score (nSPS) is 11.9. The molecular weight excluding hydrogens is 296 g/mol. The number of hydrogen-bond donors (Lipinski definition) is 2. The fourth-order valence-corrected chi connectivity index (χ4v) is 2.92. The Morgan fingerprint density at radius 2 is 2.05 bits per heavy atom. The van der Waals surface area contributed by atoms with Crippen LogP contribution in [0.1, 0.15) is 25.5 Å². The number of phenols is 1. The van der Waals surface area contributed by atoms with E-state index in [9.17, 15) is 9.90 Å². The molecule has 0 aliphatic carbocycles. The Bertz CT molecular complexity index is 587. The number of nitrogens with zero attached hydrogens (tertiary/aromatic N) is 1. The van der Waals surface area contributed by atoms with Crippen LogP contribution in [0, 0.1) is 0 Å². The minimum Gasteiger partial charge on any atom is -0.508 e. The van der Waals surface area contributed by atoms with Crippen LogP contribution >= 0.6 is 11.8 Å². The Kier molecular flexibility index (Phi) is 6.27. The maximum atomic E-state index is 11.8. The lowest BCUT2D eigenvalue weighted by molar-refractivity contribution is -0.121. The fraction of sp³-hybridized carbons (Fsp3) is 0.294. The molecule has 1 aromatic heterocycles. The number of hydrogen-bond acceptors (Lipinski definition) is 4. The summed E-state index contributed by atoms with van der Waals surface area (Å²) < 4.78 is 0. The topological polar surface area (TPSA) is 62.2 Å². The largest absolute Gasteiger partial charge is 0.508 e. The van der Waals surface area contributed by atoms with E-state index in [-0.39, 0.29) is 11.7 Å². The van der Waals surface area contributed by atoms with Crippen molar-refractivity contribution in [2.24, 2.45) is 0 Å². The van der Waals surface area contributed by atoms with Crippen molar-refractivity contribution in [2.45, 2.75) is 36.5 Å². The van der Waals surface area contributed by atoms with Crippen molar-refractivity contribution in [3.05, 3.63) is 54.4 Å². The average molecular weight is 316 g/mol. The molecule has 116 valence electrons. The first-order valence-corrected chi connectivity index (χ1v) is 8.14. The van der Waals surface area contributed by atoms with Crippen molar-refractivity contribution in [3.63, 3.8) is 0 Å². The van der Waals surface area contributed by atoms with Crippen molar-refractivity contribution in [1.29, 1.82) is 0 Å². The van der Waals surface area contributed by atoms with Crippen LogP contribution in [0.15, 0.2) is 53.6 Å². The van der Waals surface area contributed by atoms with E-state index in [1.807, 2.05) is 30.3 Å². The van der Waals surface area contributed by atoms with Crippen molar-refractivity contribution in [3.8, 4) is 5.75 Å². The maximum absolute atomic E-state index is 11.8. The minimum atomic E-state index is 0.0452. The fourth-order valence-electron chi connectivity index (χ4n) is 1.93. The molecule has 1 heterocycles. The first-order chi connectivity index (χ1) is 10.6. The van der Waals surface area contributed by atoms with Gasteiger partial charge in [-0.25, -0.2) is 0 Å². The van der Waals surface area contributed by atoms with E-state index in [4.69, 9.17) is 0 Å². The Labute approximate surface area is 135 Å². The molecule has 0 bridgehead atoms. The van der Waals surface area contributed by atoms with Crippen LogP contribution in [-0.4, -0.2) is 21.2 Å².